The average molecular weight is 205 g/mol. The number of nitrogens with zero attached hydrogens (tertiary/aromatic N) is 1. The minimum atomic E-state index is -0.167. The highest BCUT2D eigenvalue weighted by molar-refractivity contribution is 5.81. The minimum absolute atomic E-state index is 0.167. The van der Waals surface area contributed by atoms with Crippen molar-refractivity contribution in [1.82, 2.24) is 4.57 Å². The largest absolute Gasteiger partial charge is 0.379 e. The second kappa shape index (κ2) is 3.35. The first kappa shape index (κ1) is 8.92. The zero-order chi connectivity index (χ0) is 10.3. The van der Waals surface area contributed by atoms with Crippen LogP contribution in [0.3, 0.4) is 0 Å². The molecule has 0 aliphatic carbocycles. The number of halogens is 1. The van der Waals surface area contributed by atoms with Crippen LogP contribution in [0.15, 0.2) is 24.3 Å². The van der Waals surface area contributed by atoms with Gasteiger partial charge in [-0.05, 0) is 24.3 Å². The van der Waals surface area contributed by atoms with Crippen molar-refractivity contribution in [2.75, 3.05) is 13.2 Å². The minimum Gasteiger partial charge on any atom is -0.379 e. The zero-order valence-electron chi connectivity index (χ0n) is 8.37. The summed E-state index contributed by atoms with van der Waals surface area (Å²) in [7, 11) is 0. The van der Waals surface area contributed by atoms with Crippen LogP contribution in [-0.4, -0.2) is 17.8 Å². The third kappa shape index (κ3) is 1.43. The lowest BCUT2D eigenvalue weighted by atomic mass is 10.2. The molecule has 2 heterocycles. The molecule has 0 saturated carbocycles. The van der Waals surface area contributed by atoms with Crippen LogP contribution in [0.1, 0.15) is 5.69 Å². The number of aromatic nitrogens is 1. The average Bonchev–Trinajstić information content (AvgIpc) is 2.42. The Labute approximate surface area is 87.3 Å². The normalized spacial score (nSPS) is 16.3. The first-order chi connectivity index (χ1) is 7.34. The van der Waals surface area contributed by atoms with E-state index in [9.17, 15) is 4.39 Å². The summed E-state index contributed by atoms with van der Waals surface area (Å²) in [4.78, 5) is 0. The highest BCUT2D eigenvalue weighted by Gasteiger charge is 2.11. The van der Waals surface area contributed by atoms with Gasteiger partial charge >= 0.3 is 0 Å². The molecule has 0 N–H and O–H groups in total. The highest BCUT2D eigenvalue weighted by Crippen LogP contribution is 2.22. The van der Waals surface area contributed by atoms with E-state index >= 15 is 0 Å². The second-order valence-electron chi connectivity index (χ2n) is 3.85. The van der Waals surface area contributed by atoms with Crippen molar-refractivity contribution in [3.05, 3.63) is 35.8 Å². The van der Waals surface area contributed by atoms with Crippen molar-refractivity contribution < 1.29 is 9.13 Å². The molecular weight excluding hydrogens is 193 g/mol. The van der Waals surface area contributed by atoms with Crippen molar-refractivity contribution in [3.8, 4) is 0 Å². The van der Waals surface area contributed by atoms with Crippen LogP contribution >= 0.6 is 0 Å². The fourth-order valence-electron chi connectivity index (χ4n) is 2.20. The van der Waals surface area contributed by atoms with Crippen LogP contribution in [0.4, 0.5) is 4.39 Å². The monoisotopic (exact) mass is 205 g/mol. The van der Waals surface area contributed by atoms with Crippen molar-refractivity contribution >= 4 is 10.9 Å². The summed E-state index contributed by atoms with van der Waals surface area (Å²) in [6.07, 6.45) is 0.913. The Morgan fingerprint density at radius 1 is 1.20 bits per heavy atom. The molecule has 1 aromatic carbocycles. The van der Waals surface area contributed by atoms with E-state index in [2.05, 4.69) is 10.6 Å². The van der Waals surface area contributed by atoms with Crippen LogP contribution in [0.2, 0.25) is 0 Å². The predicted octanol–water partition coefficient (Wildman–Crippen LogP) is 2.35. The summed E-state index contributed by atoms with van der Waals surface area (Å²) in [5, 5.41) is 0.993. The van der Waals surface area contributed by atoms with Gasteiger partial charge in [0.15, 0.2) is 0 Å². The molecule has 0 unspecified atom stereocenters. The molecule has 0 atom stereocenters. The van der Waals surface area contributed by atoms with Crippen LogP contribution in [0.25, 0.3) is 10.9 Å². The Balaban J connectivity index is 2.23. The molecule has 2 aromatic rings. The van der Waals surface area contributed by atoms with Gasteiger partial charge in [-0.1, -0.05) is 0 Å². The van der Waals surface area contributed by atoms with E-state index in [-0.39, 0.29) is 5.82 Å². The Bertz CT molecular complexity index is 504. The van der Waals surface area contributed by atoms with E-state index in [0.29, 0.717) is 0 Å². The van der Waals surface area contributed by atoms with E-state index in [1.807, 2.05) is 6.07 Å². The summed E-state index contributed by atoms with van der Waals surface area (Å²) >= 11 is 0. The second-order valence-corrected chi connectivity index (χ2v) is 3.85. The fourth-order valence-corrected chi connectivity index (χ4v) is 2.20. The molecule has 3 heteroatoms. The Hall–Kier alpha value is -1.35. The van der Waals surface area contributed by atoms with E-state index in [1.54, 1.807) is 6.07 Å². The zero-order valence-corrected chi connectivity index (χ0v) is 8.37. The van der Waals surface area contributed by atoms with Crippen LogP contribution in [0, 0.1) is 5.82 Å². The lowest BCUT2D eigenvalue weighted by Crippen LogP contribution is -2.02. The van der Waals surface area contributed by atoms with Crippen molar-refractivity contribution in [1.29, 1.82) is 0 Å². The smallest absolute Gasteiger partial charge is 0.123 e. The number of benzene rings is 1. The van der Waals surface area contributed by atoms with E-state index in [4.69, 9.17) is 4.74 Å². The van der Waals surface area contributed by atoms with Crippen molar-refractivity contribution in [2.24, 2.45) is 0 Å². The third-order valence-electron chi connectivity index (χ3n) is 2.91. The number of hydrogen-bond donors (Lipinski definition) is 0. The van der Waals surface area contributed by atoms with Gasteiger partial charge in [0, 0.05) is 29.6 Å². The van der Waals surface area contributed by atoms with Gasteiger partial charge in [0.1, 0.15) is 5.82 Å². The maximum Gasteiger partial charge on any atom is 0.123 e. The van der Waals surface area contributed by atoms with Gasteiger partial charge < -0.3 is 9.30 Å². The molecule has 0 saturated heterocycles. The lowest BCUT2D eigenvalue weighted by Gasteiger charge is -2.04. The van der Waals surface area contributed by atoms with Gasteiger partial charge in [0.05, 0.1) is 13.2 Å². The summed E-state index contributed by atoms with van der Waals surface area (Å²) in [5.41, 5.74) is 2.35. The molecule has 0 fully saturated rings. The number of ether oxygens (including phenoxy) is 1. The van der Waals surface area contributed by atoms with Gasteiger partial charge in [-0.25, -0.2) is 4.39 Å². The predicted molar refractivity (Wildman–Crippen MR) is 56.4 cm³/mol. The third-order valence-corrected chi connectivity index (χ3v) is 2.91. The summed E-state index contributed by atoms with van der Waals surface area (Å²) in [6.45, 7) is 2.37. The van der Waals surface area contributed by atoms with Crippen LogP contribution < -0.4 is 0 Å². The summed E-state index contributed by atoms with van der Waals surface area (Å²) in [6, 6.07) is 7.02. The molecule has 1 aliphatic heterocycles. The van der Waals surface area contributed by atoms with E-state index in [0.717, 1.165) is 37.1 Å². The summed E-state index contributed by atoms with van der Waals surface area (Å²) < 4.78 is 20.7. The van der Waals surface area contributed by atoms with Crippen LogP contribution in [0.5, 0.6) is 0 Å². The molecule has 1 aliphatic rings. The number of fused-ring (bicyclic) bond motifs is 3. The summed E-state index contributed by atoms with van der Waals surface area (Å²) in [5.74, 6) is -0.167. The molecule has 0 bridgehead atoms. The highest BCUT2D eigenvalue weighted by atomic mass is 19.1. The van der Waals surface area contributed by atoms with Gasteiger partial charge in [0.2, 0.25) is 0 Å². The molecule has 0 radical (unpaired) electrons. The topological polar surface area (TPSA) is 14.2 Å². The fraction of sp³-hybridized carbons (Fsp3) is 0.333. The van der Waals surface area contributed by atoms with Gasteiger partial charge in [0.25, 0.3) is 0 Å². The Morgan fingerprint density at radius 2 is 2.13 bits per heavy atom. The van der Waals surface area contributed by atoms with Gasteiger partial charge in [-0.15, -0.1) is 0 Å². The first-order valence-corrected chi connectivity index (χ1v) is 5.20. The van der Waals surface area contributed by atoms with Crippen LogP contribution in [-0.2, 0) is 17.7 Å². The molecule has 78 valence electrons. The standard InChI is InChI=1S/C12H12FNO/c13-10-1-2-12-9(7-10)8-11-3-5-15-6-4-14(11)12/h1-2,7-8H,3-6H2. The van der Waals surface area contributed by atoms with E-state index in [1.165, 1.54) is 11.8 Å². The first-order valence-electron chi connectivity index (χ1n) is 5.20. The molecule has 1 aromatic heterocycles. The SMILES string of the molecule is Fc1ccc2c(c1)cc1n2CCOCC1. The molecular formula is C12H12FNO. The maximum absolute atomic E-state index is 13.0. The Morgan fingerprint density at radius 3 is 3.07 bits per heavy atom. The maximum atomic E-state index is 13.0. The Kier molecular flexibility index (Phi) is 1.99. The molecule has 3 rings (SSSR count). The van der Waals surface area contributed by atoms with Crippen molar-refractivity contribution in [2.45, 2.75) is 13.0 Å². The molecule has 0 spiro atoms. The lowest BCUT2D eigenvalue weighted by molar-refractivity contribution is 0.141. The molecule has 15 heavy (non-hydrogen) atoms. The van der Waals surface area contributed by atoms with Crippen molar-refractivity contribution in [3.63, 3.8) is 0 Å². The van der Waals surface area contributed by atoms with Gasteiger partial charge in [-0.2, -0.15) is 0 Å². The van der Waals surface area contributed by atoms with E-state index < -0.39 is 0 Å². The molecule has 0 amide bonds. The van der Waals surface area contributed by atoms with Gasteiger partial charge in [-0.3, -0.25) is 0 Å². The molecule has 2 nitrogen and oxygen atoms in total. The number of rotatable bonds is 0. The number of hydrogen-bond acceptors (Lipinski definition) is 1. The quantitative estimate of drug-likeness (QED) is 0.644.